The lowest BCUT2D eigenvalue weighted by Gasteiger charge is -2.05. The number of aromatic nitrogens is 1. The predicted octanol–water partition coefficient (Wildman–Crippen LogP) is 3.23. The summed E-state index contributed by atoms with van der Waals surface area (Å²) in [5.74, 6) is -0.760. The summed E-state index contributed by atoms with van der Waals surface area (Å²) >= 11 is 2.77. The number of nitrogens with zero attached hydrogens (tertiary/aromatic N) is 1. The zero-order chi connectivity index (χ0) is 9.30. The van der Waals surface area contributed by atoms with Crippen molar-refractivity contribution < 1.29 is 13.2 Å². The average molecular weight is 240 g/mol. The van der Waals surface area contributed by atoms with Crippen molar-refractivity contribution in [3.8, 4) is 0 Å². The fraction of sp³-hybridized carbons (Fsp3) is 0.286. The van der Waals surface area contributed by atoms with Crippen LogP contribution in [0.1, 0.15) is 17.6 Å². The average Bonchev–Trinajstić information content (AvgIpc) is 1.82. The van der Waals surface area contributed by atoms with Gasteiger partial charge in [0.05, 0.1) is 5.56 Å². The van der Waals surface area contributed by atoms with Gasteiger partial charge in [-0.1, -0.05) is 0 Å². The van der Waals surface area contributed by atoms with Crippen LogP contribution in [0, 0.1) is 12.9 Å². The molecule has 0 aliphatic carbocycles. The van der Waals surface area contributed by atoms with E-state index in [0.29, 0.717) is 0 Å². The van der Waals surface area contributed by atoms with Gasteiger partial charge in [-0.3, -0.25) is 0 Å². The molecule has 0 amide bonds. The van der Waals surface area contributed by atoms with Crippen LogP contribution in [0.5, 0.6) is 0 Å². The van der Waals surface area contributed by atoms with Crippen molar-refractivity contribution in [2.45, 2.75) is 13.3 Å². The minimum atomic E-state index is -2.63. The van der Waals surface area contributed by atoms with Crippen LogP contribution in [0.2, 0.25) is 0 Å². The summed E-state index contributed by atoms with van der Waals surface area (Å²) in [6.07, 6.45) is -2.63. The standard InChI is InChI=1S/C7H5BrF3N/c1-3-2-4(9)12-6(8)5(3)7(10)11/h2,7H,1H3. The van der Waals surface area contributed by atoms with Crippen molar-refractivity contribution in [1.29, 1.82) is 0 Å². The molecule has 0 unspecified atom stereocenters. The normalized spacial score (nSPS) is 10.8. The lowest BCUT2D eigenvalue weighted by molar-refractivity contribution is 0.149. The van der Waals surface area contributed by atoms with Crippen LogP contribution >= 0.6 is 15.9 Å². The maximum absolute atomic E-state index is 12.5. The summed E-state index contributed by atoms with van der Waals surface area (Å²) in [6.45, 7) is 1.41. The lowest BCUT2D eigenvalue weighted by Crippen LogP contribution is -1.96. The third-order valence-electron chi connectivity index (χ3n) is 1.41. The highest BCUT2D eigenvalue weighted by molar-refractivity contribution is 9.10. The van der Waals surface area contributed by atoms with Gasteiger partial charge < -0.3 is 0 Å². The summed E-state index contributed by atoms with van der Waals surface area (Å²) in [7, 11) is 0. The Kier molecular flexibility index (Phi) is 2.72. The van der Waals surface area contributed by atoms with Crippen LogP contribution in [0.3, 0.4) is 0 Å². The van der Waals surface area contributed by atoms with E-state index in [9.17, 15) is 13.2 Å². The van der Waals surface area contributed by atoms with Crippen LogP contribution in [-0.2, 0) is 0 Å². The zero-order valence-corrected chi connectivity index (χ0v) is 7.70. The summed E-state index contributed by atoms with van der Waals surface area (Å²) in [5, 5.41) is 0. The van der Waals surface area contributed by atoms with Gasteiger partial charge in [0.2, 0.25) is 5.95 Å². The molecule has 0 aromatic carbocycles. The van der Waals surface area contributed by atoms with Crippen molar-refractivity contribution in [1.82, 2.24) is 4.98 Å². The molecule has 0 radical (unpaired) electrons. The monoisotopic (exact) mass is 239 g/mol. The highest BCUT2D eigenvalue weighted by atomic mass is 79.9. The lowest BCUT2D eigenvalue weighted by atomic mass is 10.2. The first-order valence-corrected chi connectivity index (χ1v) is 3.92. The molecule has 0 aliphatic heterocycles. The molecule has 1 heterocycles. The molecule has 5 heteroatoms. The van der Waals surface area contributed by atoms with E-state index in [1.165, 1.54) is 6.92 Å². The van der Waals surface area contributed by atoms with Gasteiger partial charge in [-0.2, -0.15) is 4.39 Å². The third-order valence-corrected chi connectivity index (χ3v) is 2.01. The summed E-state index contributed by atoms with van der Waals surface area (Å²) in [6, 6.07) is 0.978. The molecule has 0 bridgehead atoms. The Labute approximate surface area is 75.7 Å². The minimum Gasteiger partial charge on any atom is -0.212 e. The van der Waals surface area contributed by atoms with Crippen molar-refractivity contribution in [3.05, 3.63) is 27.7 Å². The second-order valence-electron chi connectivity index (χ2n) is 2.27. The van der Waals surface area contributed by atoms with E-state index in [1.807, 2.05) is 0 Å². The fourth-order valence-corrected chi connectivity index (χ4v) is 1.52. The van der Waals surface area contributed by atoms with Gasteiger partial charge >= 0.3 is 0 Å². The van der Waals surface area contributed by atoms with Gasteiger partial charge in [0.1, 0.15) is 4.60 Å². The van der Waals surface area contributed by atoms with Crippen LogP contribution in [0.15, 0.2) is 10.7 Å². The van der Waals surface area contributed by atoms with E-state index >= 15 is 0 Å². The maximum atomic E-state index is 12.5. The van der Waals surface area contributed by atoms with E-state index in [-0.39, 0.29) is 15.7 Å². The van der Waals surface area contributed by atoms with Crippen molar-refractivity contribution >= 4 is 15.9 Å². The van der Waals surface area contributed by atoms with E-state index in [0.717, 1.165) is 6.07 Å². The summed E-state index contributed by atoms with van der Waals surface area (Å²) in [4.78, 5) is 3.23. The maximum Gasteiger partial charge on any atom is 0.266 e. The first-order valence-electron chi connectivity index (χ1n) is 3.13. The van der Waals surface area contributed by atoms with Crippen LogP contribution in [0.25, 0.3) is 0 Å². The van der Waals surface area contributed by atoms with Crippen molar-refractivity contribution in [2.75, 3.05) is 0 Å². The molecule has 1 aromatic heterocycles. The van der Waals surface area contributed by atoms with Gasteiger partial charge in [0.15, 0.2) is 0 Å². The number of aryl methyl sites for hydroxylation is 1. The van der Waals surface area contributed by atoms with Gasteiger partial charge in [0.25, 0.3) is 6.43 Å². The number of hydrogen-bond acceptors (Lipinski definition) is 1. The molecule has 0 saturated carbocycles. The molecule has 1 aromatic rings. The molecule has 0 N–H and O–H groups in total. The second-order valence-corrected chi connectivity index (χ2v) is 3.02. The third kappa shape index (κ3) is 1.77. The molecule has 0 saturated heterocycles. The first-order chi connectivity index (χ1) is 5.52. The number of hydrogen-bond donors (Lipinski definition) is 0. The first kappa shape index (κ1) is 9.51. The van der Waals surface area contributed by atoms with Gasteiger partial charge in [-0.05, 0) is 34.5 Å². The number of alkyl halides is 2. The van der Waals surface area contributed by atoms with E-state index in [2.05, 4.69) is 20.9 Å². The zero-order valence-electron chi connectivity index (χ0n) is 6.11. The topological polar surface area (TPSA) is 12.9 Å². The van der Waals surface area contributed by atoms with Gasteiger partial charge in [-0.15, -0.1) is 0 Å². The molecule has 0 atom stereocenters. The Bertz CT molecular complexity index is 278. The molecule has 0 aliphatic rings. The molecule has 66 valence electrons. The molecule has 1 nitrogen and oxygen atoms in total. The Hall–Kier alpha value is -0.580. The number of pyridine rings is 1. The molecular weight excluding hydrogens is 235 g/mol. The number of rotatable bonds is 1. The predicted molar refractivity (Wildman–Crippen MR) is 41.6 cm³/mol. The fourth-order valence-electron chi connectivity index (χ4n) is 0.868. The highest BCUT2D eigenvalue weighted by Crippen LogP contribution is 2.28. The smallest absolute Gasteiger partial charge is 0.212 e. The van der Waals surface area contributed by atoms with E-state index < -0.39 is 12.4 Å². The molecule has 12 heavy (non-hydrogen) atoms. The Morgan fingerprint density at radius 2 is 2.08 bits per heavy atom. The van der Waals surface area contributed by atoms with E-state index in [4.69, 9.17) is 0 Å². The molecule has 0 spiro atoms. The summed E-state index contributed by atoms with van der Waals surface area (Å²) < 4.78 is 36.8. The van der Waals surface area contributed by atoms with E-state index in [1.54, 1.807) is 0 Å². The van der Waals surface area contributed by atoms with Crippen molar-refractivity contribution in [3.63, 3.8) is 0 Å². The highest BCUT2D eigenvalue weighted by Gasteiger charge is 2.16. The van der Waals surface area contributed by atoms with Crippen LogP contribution in [0.4, 0.5) is 13.2 Å². The Morgan fingerprint density at radius 1 is 1.50 bits per heavy atom. The Morgan fingerprint density at radius 3 is 2.50 bits per heavy atom. The molecule has 0 fully saturated rings. The van der Waals surface area contributed by atoms with Crippen LogP contribution in [-0.4, -0.2) is 4.98 Å². The largest absolute Gasteiger partial charge is 0.266 e. The van der Waals surface area contributed by atoms with Crippen LogP contribution < -0.4 is 0 Å². The molecular formula is C7H5BrF3N. The quantitative estimate of drug-likeness (QED) is 0.686. The van der Waals surface area contributed by atoms with Gasteiger partial charge in [0, 0.05) is 0 Å². The minimum absolute atomic E-state index is 0.130. The van der Waals surface area contributed by atoms with Crippen molar-refractivity contribution in [2.24, 2.45) is 0 Å². The molecule has 1 rings (SSSR count). The summed E-state index contributed by atoms with van der Waals surface area (Å²) in [5.41, 5.74) is -0.0548. The second kappa shape index (κ2) is 3.43. The SMILES string of the molecule is Cc1cc(F)nc(Br)c1C(F)F. The Balaban J connectivity index is 3.28. The number of halogens is 4. The van der Waals surface area contributed by atoms with Gasteiger partial charge in [-0.25, -0.2) is 13.8 Å².